The molecular formula is C12H14F3N3O. The first-order valence-electron chi connectivity index (χ1n) is 6.19. The molecule has 0 unspecified atom stereocenters. The van der Waals surface area contributed by atoms with Crippen LogP contribution in [0.5, 0.6) is 0 Å². The van der Waals surface area contributed by atoms with Crippen LogP contribution in [-0.2, 0) is 6.18 Å². The molecule has 0 saturated carbocycles. The van der Waals surface area contributed by atoms with Gasteiger partial charge in [-0.05, 0) is 12.5 Å². The Morgan fingerprint density at radius 3 is 2.95 bits per heavy atom. The first kappa shape index (κ1) is 12.7. The lowest BCUT2D eigenvalue weighted by atomic mass is 9.93. The Morgan fingerprint density at radius 2 is 2.21 bits per heavy atom. The van der Waals surface area contributed by atoms with Crippen molar-refractivity contribution in [2.24, 2.45) is 0 Å². The maximum atomic E-state index is 12.7. The number of pyridine rings is 1. The van der Waals surface area contributed by atoms with E-state index in [-0.39, 0.29) is 11.6 Å². The molecule has 1 fully saturated rings. The number of rotatable bonds is 0. The van der Waals surface area contributed by atoms with E-state index in [1.165, 1.54) is 0 Å². The van der Waals surface area contributed by atoms with Crippen molar-refractivity contribution >= 4 is 5.82 Å². The summed E-state index contributed by atoms with van der Waals surface area (Å²) in [6.45, 7) is 2.19. The first-order chi connectivity index (χ1) is 8.97. The van der Waals surface area contributed by atoms with Crippen LogP contribution in [0.25, 0.3) is 0 Å². The fraction of sp³-hybridized carbons (Fsp3) is 0.583. The molecule has 0 aliphatic carbocycles. The lowest BCUT2D eigenvalue weighted by Crippen LogP contribution is -2.54. The lowest BCUT2D eigenvalue weighted by molar-refractivity contribution is -0.137. The van der Waals surface area contributed by atoms with Crippen molar-refractivity contribution in [2.45, 2.75) is 24.7 Å². The average Bonchev–Trinajstić information content (AvgIpc) is 2.37. The summed E-state index contributed by atoms with van der Waals surface area (Å²) in [5.74, 6) is 0.484. The normalized spacial score (nSPS) is 26.8. The third-order valence-electron chi connectivity index (χ3n) is 3.70. The van der Waals surface area contributed by atoms with Crippen molar-refractivity contribution in [1.82, 2.24) is 10.3 Å². The minimum atomic E-state index is -4.43. The summed E-state index contributed by atoms with van der Waals surface area (Å²) < 4.78 is 38.0. The quantitative estimate of drug-likeness (QED) is 0.748. The molecule has 3 rings (SSSR count). The molecule has 104 valence electrons. The van der Waals surface area contributed by atoms with Crippen LogP contribution < -0.4 is 10.2 Å². The Morgan fingerprint density at radius 1 is 1.42 bits per heavy atom. The molecule has 2 aliphatic heterocycles. The third kappa shape index (κ3) is 2.17. The Hall–Kier alpha value is -1.34. The number of hydrogen-bond donors (Lipinski definition) is 2. The van der Waals surface area contributed by atoms with Crippen molar-refractivity contribution in [3.63, 3.8) is 0 Å². The predicted molar refractivity (Wildman–Crippen MR) is 62.8 cm³/mol. The number of aromatic nitrogens is 1. The molecule has 7 heteroatoms. The van der Waals surface area contributed by atoms with Gasteiger partial charge in [-0.2, -0.15) is 13.2 Å². The SMILES string of the molecule is O[C@H]1C[C@@H]2CNCCN2c2ncc(C(F)(F)F)cc21. The van der Waals surface area contributed by atoms with E-state index in [9.17, 15) is 18.3 Å². The van der Waals surface area contributed by atoms with E-state index >= 15 is 0 Å². The number of piperazine rings is 1. The highest BCUT2D eigenvalue weighted by atomic mass is 19.4. The van der Waals surface area contributed by atoms with Gasteiger partial charge in [-0.3, -0.25) is 0 Å². The van der Waals surface area contributed by atoms with Gasteiger partial charge >= 0.3 is 6.18 Å². The summed E-state index contributed by atoms with van der Waals surface area (Å²) in [4.78, 5) is 5.92. The summed E-state index contributed by atoms with van der Waals surface area (Å²) in [5.41, 5.74) is -0.521. The topological polar surface area (TPSA) is 48.4 Å². The first-order valence-corrected chi connectivity index (χ1v) is 6.19. The number of nitrogens with zero attached hydrogens (tertiary/aromatic N) is 2. The predicted octanol–water partition coefficient (Wildman–Crippen LogP) is 1.32. The largest absolute Gasteiger partial charge is 0.417 e. The smallest absolute Gasteiger partial charge is 0.388 e. The van der Waals surface area contributed by atoms with Gasteiger partial charge in [0, 0.05) is 37.4 Å². The molecule has 2 aliphatic rings. The standard InChI is InChI=1S/C12H14F3N3O/c13-12(14,15)7-3-9-10(19)4-8-6-16-1-2-18(8)11(9)17-5-7/h3,5,8,10,16,19H,1-2,4,6H2/t8-,10+/m1/s1. The Bertz CT molecular complexity index is 492. The number of nitrogens with one attached hydrogen (secondary N) is 1. The van der Waals surface area contributed by atoms with E-state index in [1.807, 2.05) is 4.90 Å². The minimum Gasteiger partial charge on any atom is -0.388 e. The van der Waals surface area contributed by atoms with Gasteiger partial charge in [-0.25, -0.2) is 4.98 Å². The van der Waals surface area contributed by atoms with Crippen LogP contribution in [-0.4, -0.2) is 35.8 Å². The second-order valence-electron chi connectivity index (χ2n) is 4.94. The van der Waals surface area contributed by atoms with E-state index in [0.29, 0.717) is 18.8 Å². The molecule has 2 atom stereocenters. The number of halogens is 3. The van der Waals surface area contributed by atoms with Gasteiger partial charge in [0.1, 0.15) is 5.82 Å². The van der Waals surface area contributed by atoms with Crippen molar-refractivity contribution in [3.8, 4) is 0 Å². The molecule has 0 amide bonds. The van der Waals surface area contributed by atoms with E-state index < -0.39 is 17.8 Å². The van der Waals surface area contributed by atoms with Gasteiger partial charge in [-0.1, -0.05) is 0 Å². The molecule has 1 saturated heterocycles. The van der Waals surface area contributed by atoms with Crippen molar-refractivity contribution < 1.29 is 18.3 Å². The van der Waals surface area contributed by atoms with Gasteiger partial charge < -0.3 is 15.3 Å². The highest BCUT2D eigenvalue weighted by Crippen LogP contribution is 2.39. The second kappa shape index (κ2) is 4.35. The van der Waals surface area contributed by atoms with Crippen LogP contribution in [0.15, 0.2) is 12.3 Å². The van der Waals surface area contributed by atoms with Crippen molar-refractivity contribution in [3.05, 3.63) is 23.4 Å². The monoisotopic (exact) mass is 273 g/mol. The van der Waals surface area contributed by atoms with Gasteiger partial charge in [0.2, 0.25) is 0 Å². The molecule has 19 heavy (non-hydrogen) atoms. The number of hydrogen-bond acceptors (Lipinski definition) is 4. The van der Waals surface area contributed by atoms with Crippen LogP contribution in [0, 0.1) is 0 Å². The fourth-order valence-corrected chi connectivity index (χ4v) is 2.75. The summed E-state index contributed by atoms with van der Waals surface area (Å²) in [6, 6.07) is 1.12. The average molecular weight is 273 g/mol. The number of alkyl halides is 3. The molecule has 1 aromatic rings. The summed E-state index contributed by atoms with van der Waals surface area (Å²) >= 11 is 0. The molecule has 0 bridgehead atoms. The highest BCUT2D eigenvalue weighted by Gasteiger charge is 2.37. The van der Waals surface area contributed by atoms with Gasteiger partial charge in [0.15, 0.2) is 0 Å². The maximum Gasteiger partial charge on any atom is 0.417 e. The lowest BCUT2D eigenvalue weighted by Gasteiger charge is -2.43. The number of anilines is 1. The van der Waals surface area contributed by atoms with Gasteiger partial charge in [-0.15, -0.1) is 0 Å². The minimum absolute atomic E-state index is 0.0977. The molecule has 3 heterocycles. The maximum absolute atomic E-state index is 12.7. The molecule has 1 aromatic heterocycles. The zero-order chi connectivity index (χ0) is 13.6. The van der Waals surface area contributed by atoms with Crippen LogP contribution in [0.4, 0.5) is 19.0 Å². The number of aliphatic hydroxyl groups excluding tert-OH is 1. The zero-order valence-corrected chi connectivity index (χ0v) is 10.1. The van der Waals surface area contributed by atoms with Crippen LogP contribution in [0.2, 0.25) is 0 Å². The number of fused-ring (bicyclic) bond motifs is 3. The Kier molecular flexibility index (Phi) is 2.90. The van der Waals surface area contributed by atoms with Gasteiger partial charge in [0.25, 0.3) is 0 Å². The summed E-state index contributed by atoms with van der Waals surface area (Å²) in [5, 5.41) is 13.2. The van der Waals surface area contributed by atoms with E-state index in [0.717, 1.165) is 25.4 Å². The second-order valence-corrected chi connectivity index (χ2v) is 4.94. The van der Waals surface area contributed by atoms with Crippen LogP contribution in [0.1, 0.15) is 23.7 Å². The van der Waals surface area contributed by atoms with E-state index in [4.69, 9.17) is 0 Å². The molecular weight excluding hydrogens is 259 g/mol. The highest BCUT2D eigenvalue weighted by molar-refractivity contribution is 5.53. The summed E-state index contributed by atoms with van der Waals surface area (Å²) in [6.07, 6.45) is -4.04. The molecule has 0 aromatic carbocycles. The summed E-state index contributed by atoms with van der Waals surface area (Å²) in [7, 11) is 0. The molecule has 2 N–H and O–H groups in total. The van der Waals surface area contributed by atoms with Gasteiger partial charge in [0.05, 0.1) is 11.7 Å². The fourth-order valence-electron chi connectivity index (χ4n) is 2.75. The Labute approximate surface area is 108 Å². The third-order valence-corrected chi connectivity index (χ3v) is 3.70. The number of aliphatic hydroxyl groups is 1. The van der Waals surface area contributed by atoms with E-state index in [1.54, 1.807) is 0 Å². The molecule has 4 nitrogen and oxygen atoms in total. The van der Waals surface area contributed by atoms with E-state index in [2.05, 4.69) is 10.3 Å². The van der Waals surface area contributed by atoms with Crippen LogP contribution >= 0.6 is 0 Å². The van der Waals surface area contributed by atoms with Crippen molar-refractivity contribution in [1.29, 1.82) is 0 Å². The Balaban J connectivity index is 2.02. The zero-order valence-electron chi connectivity index (χ0n) is 10.1. The van der Waals surface area contributed by atoms with Crippen LogP contribution in [0.3, 0.4) is 0 Å². The molecule has 0 spiro atoms. The molecule has 0 radical (unpaired) electrons. The van der Waals surface area contributed by atoms with Crippen molar-refractivity contribution in [2.75, 3.05) is 24.5 Å².